The molecule has 0 radical (unpaired) electrons. The monoisotopic (exact) mass is 611 g/mol. The Kier molecular flexibility index (Phi) is 8.87. The first-order chi connectivity index (χ1) is 21.2. The van der Waals surface area contributed by atoms with Gasteiger partial charge in [0, 0.05) is 80.9 Å². The summed E-state index contributed by atoms with van der Waals surface area (Å²) in [6, 6.07) is 10.9. The van der Waals surface area contributed by atoms with Crippen LogP contribution in [0.5, 0.6) is 0 Å². The molecule has 4 heterocycles. The number of ether oxygens (including phenoxy) is 2. The first-order valence-electron chi connectivity index (χ1n) is 14.9. The van der Waals surface area contributed by atoms with E-state index in [9.17, 15) is 18.0 Å². The van der Waals surface area contributed by atoms with Gasteiger partial charge in [-0.25, -0.2) is 4.98 Å². The fourth-order valence-electron chi connectivity index (χ4n) is 5.61. The molecule has 0 aliphatic carbocycles. The van der Waals surface area contributed by atoms with Gasteiger partial charge in [0.1, 0.15) is 5.82 Å². The van der Waals surface area contributed by atoms with E-state index in [1.807, 2.05) is 30.0 Å². The van der Waals surface area contributed by atoms with E-state index in [4.69, 9.17) is 19.4 Å². The molecule has 2 N–H and O–H groups in total. The van der Waals surface area contributed by atoms with Gasteiger partial charge in [-0.1, -0.05) is 6.07 Å². The quantitative estimate of drug-likeness (QED) is 0.432. The van der Waals surface area contributed by atoms with Crippen molar-refractivity contribution < 1.29 is 27.4 Å². The lowest BCUT2D eigenvalue weighted by atomic mass is 10.0. The molecule has 10 nitrogen and oxygen atoms in total. The Morgan fingerprint density at radius 3 is 2.20 bits per heavy atom. The van der Waals surface area contributed by atoms with Crippen molar-refractivity contribution >= 4 is 29.0 Å². The zero-order valence-electron chi connectivity index (χ0n) is 24.6. The maximum atomic E-state index is 13.8. The van der Waals surface area contributed by atoms with E-state index < -0.39 is 17.6 Å². The van der Waals surface area contributed by atoms with Crippen LogP contribution >= 0.6 is 0 Å². The molecule has 0 atom stereocenters. The predicted molar refractivity (Wildman–Crippen MR) is 163 cm³/mol. The molecule has 0 bridgehead atoms. The van der Waals surface area contributed by atoms with Crippen molar-refractivity contribution in [1.82, 2.24) is 15.3 Å². The number of nitrogens with one attached hydrogen (secondary N) is 2. The molecule has 13 heteroatoms. The summed E-state index contributed by atoms with van der Waals surface area (Å²) in [5.74, 6) is 0.775. The molecule has 3 aromatic rings. The fraction of sp³-hybridized carbons (Fsp3) is 0.452. The number of amides is 1. The molecule has 0 saturated carbocycles. The number of carbonyl (C=O) groups excluding carboxylic acids is 1. The van der Waals surface area contributed by atoms with Gasteiger partial charge >= 0.3 is 6.18 Å². The van der Waals surface area contributed by atoms with E-state index in [0.717, 1.165) is 29.1 Å². The summed E-state index contributed by atoms with van der Waals surface area (Å²) < 4.78 is 52.6. The first kappa shape index (κ1) is 30.1. The lowest BCUT2D eigenvalue weighted by Gasteiger charge is -2.31. The molecule has 3 fully saturated rings. The molecule has 1 amide bonds. The Morgan fingerprint density at radius 1 is 0.841 bits per heavy atom. The molecule has 44 heavy (non-hydrogen) atoms. The highest BCUT2D eigenvalue weighted by Gasteiger charge is 2.32. The van der Waals surface area contributed by atoms with E-state index in [0.29, 0.717) is 102 Å². The molecule has 3 saturated heterocycles. The van der Waals surface area contributed by atoms with Gasteiger partial charge in [-0.2, -0.15) is 18.2 Å². The summed E-state index contributed by atoms with van der Waals surface area (Å²) in [4.78, 5) is 29.3. The van der Waals surface area contributed by atoms with Crippen molar-refractivity contribution in [2.45, 2.75) is 13.1 Å². The van der Waals surface area contributed by atoms with E-state index in [-0.39, 0.29) is 5.56 Å². The number of hydrogen-bond donors (Lipinski definition) is 2. The number of alkyl halides is 3. The van der Waals surface area contributed by atoms with Gasteiger partial charge < -0.3 is 34.8 Å². The zero-order valence-corrected chi connectivity index (χ0v) is 24.6. The molecule has 0 unspecified atom stereocenters. The number of nitrogens with zero attached hydrogens (tertiary/aromatic N) is 5. The van der Waals surface area contributed by atoms with Gasteiger partial charge in [-0.15, -0.1) is 0 Å². The lowest BCUT2D eigenvalue weighted by molar-refractivity contribution is -0.137. The topological polar surface area (TPSA) is 95.1 Å². The molecular weight excluding hydrogens is 575 g/mol. The van der Waals surface area contributed by atoms with Crippen LogP contribution in [-0.2, 0) is 15.7 Å². The number of carbonyl (C=O) groups is 1. The molecule has 234 valence electrons. The molecular formula is C31H36F3N7O3. The Morgan fingerprint density at radius 2 is 1.52 bits per heavy atom. The Bertz CT molecular complexity index is 1450. The summed E-state index contributed by atoms with van der Waals surface area (Å²) in [6.45, 7) is 9.56. The third-order valence-corrected chi connectivity index (χ3v) is 8.09. The van der Waals surface area contributed by atoms with E-state index >= 15 is 0 Å². The Labute approximate surface area is 254 Å². The second-order valence-corrected chi connectivity index (χ2v) is 11.1. The summed E-state index contributed by atoms with van der Waals surface area (Å²) in [6.07, 6.45) is -4.58. The average Bonchev–Trinajstić information content (AvgIpc) is 3.06. The van der Waals surface area contributed by atoms with Crippen LogP contribution in [0.3, 0.4) is 0 Å². The van der Waals surface area contributed by atoms with Gasteiger partial charge in [-0.3, -0.25) is 4.79 Å². The third kappa shape index (κ3) is 6.90. The van der Waals surface area contributed by atoms with Crippen LogP contribution < -0.4 is 25.3 Å². The van der Waals surface area contributed by atoms with E-state index in [1.54, 1.807) is 6.07 Å². The van der Waals surface area contributed by atoms with Crippen molar-refractivity contribution in [1.29, 1.82) is 0 Å². The highest BCUT2D eigenvalue weighted by molar-refractivity contribution is 6.05. The van der Waals surface area contributed by atoms with Gasteiger partial charge in [0.05, 0.1) is 37.7 Å². The lowest BCUT2D eigenvalue weighted by Crippen LogP contribution is -2.43. The molecule has 2 aromatic carbocycles. The minimum absolute atomic E-state index is 0.0540. The smallest absolute Gasteiger partial charge is 0.378 e. The van der Waals surface area contributed by atoms with Gasteiger partial charge in [-0.05, 0) is 42.8 Å². The number of halogens is 3. The van der Waals surface area contributed by atoms with Gasteiger partial charge in [0.25, 0.3) is 5.91 Å². The van der Waals surface area contributed by atoms with Crippen molar-refractivity contribution in [3.05, 3.63) is 59.2 Å². The largest absolute Gasteiger partial charge is 0.416 e. The number of rotatable bonds is 6. The Balaban J connectivity index is 1.31. The molecule has 3 aliphatic rings. The SMILES string of the molecule is Cc1ccc(NC(=O)c2cc(N3CCNCC3)cc(C(F)(F)F)c2)cc1-c1cc(N2CCOCC2)nc(N2CCOCC2)n1. The number of morpholine rings is 2. The summed E-state index contributed by atoms with van der Waals surface area (Å²) in [7, 11) is 0. The van der Waals surface area contributed by atoms with Crippen LogP contribution in [0.25, 0.3) is 11.3 Å². The van der Waals surface area contributed by atoms with Crippen molar-refractivity contribution in [3.63, 3.8) is 0 Å². The number of piperazine rings is 1. The van der Waals surface area contributed by atoms with Gasteiger partial charge in [0.15, 0.2) is 0 Å². The van der Waals surface area contributed by atoms with Crippen LogP contribution in [0.2, 0.25) is 0 Å². The van der Waals surface area contributed by atoms with E-state index in [1.165, 1.54) is 6.07 Å². The van der Waals surface area contributed by atoms with Crippen molar-refractivity contribution in [3.8, 4) is 11.3 Å². The molecule has 1 aromatic heterocycles. The fourth-order valence-corrected chi connectivity index (χ4v) is 5.61. The van der Waals surface area contributed by atoms with Crippen LogP contribution in [0.15, 0.2) is 42.5 Å². The third-order valence-electron chi connectivity index (χ3n) is 8.09. The van der Waals surface area contributed by atoms with Crippen LogP contribution in [0, 0.1) is 6.92 Å². The number of benzene rings is 2. The molecule has 6 rings (SSSR count). The standard InChI is InChI=1S/C31H36F3N7O3/c1-21-2-3-24(36-29(42)22-16-23(31(32,33)34)18-25(17-22)39-6-4-35-5-7-39)19-26(21)27-20-28(40-8-12-43-13-9-40)38-30(37-27)41-10-14-44-15-11-41/h2-3,16-20,35H,4-15H2,1H3,(H,36,42). The molecule has 0 spiro atoms. The minimum Gasteiger partial charge on any atom is -0.378 e. The maximum absolute atomic E-state index is 13.8. The minimum atomic E-state index is -4.58. The maximum Gasteiger partial charge on any atom is 0.416 e. The predicted octanol–water partition coefficient (Wildman–Crippen LogP) is 3.81. The summed E-state index contributed by atoms with van der Waals surface area (Å²) >= 11 is 0. The average molecular weight is 612 g/mol. The Hall–Kier alpha value is -3.94. The van der Waals surface area contributed by atoms with Crippen molar-refractivity contribution in [2.75, 3.05) is 98.8 Å². The number of anilines is 4. The van der Waals surface area contributed by atoms with Gasteiger partial charge in [0.2, 0.25) is 5.95 Å². The number of aromatic nitrogens is 2. The zero-order chi connectivity index (χ0) is 30.7. The normalized spacial score (nSPS) is 18.0. The summed E-state index contributed by atoms with van der Waals surface area (Å²) in [5, 5.41) is 6.02. The second-order valence-electron chi connectivity index (χ2n) is 11.1. The van der Waals surface area contributed by atoms with Crippen LogP contribution in [0.1, 0.15) is 21.5 Å². The number of hydrogen-bond acceptors (Lipinski definition) is 9. The second kappa shape index (κ2) is 13.0. The molecule has 3 aliphatic heterocycles. The van der Waals surface area contributed by atoms with Crippen LogP contribution in [0.4, 0.5) is 36.3 Å². The summed E-state index contributed by atoms with van der Waals surface area (Å²) in [5.41, 5.74) is 2.34. The highest BCUT2D eigenvalue weighted by Crippen LogP contribution is 2.34. The van der Waals surface area contributed by atoms with Crippen LogP contribution in [-0.4, -0.2) is 94.7 Å². The highest BCUT2D eigenvalue weighted by atomic mass is 19.4. The van der Waals surface area contributed by atoms with E-state index in [2.05, 4.69) is 20.4 Å². The number of aryl methyl sites for hydroxylation is 1. The first-order valence-corrected chi connectivity index (χ1v) is 14.9. The van der Waals surface area contributed by atoms with Crippen molar-refractivity contribution in [2.24, 2.45) is 0 Å².